The number of rotatable bonds is 8. The van der Waals surface area contributed by atoms with Crippen LogP contribution in [0.1, 0.15) is 66.2 Å². The van der Waals surface area contributed by atoms with Crippen molar-refractivity contribution < 1.29 is 0 Å². The molecule has 2 rings (SSSR count). The van der Waals surface area contributed by atoms with Crippen LogP contribution in [0.5, 0.6) is 0 Å². The largest absolute Gasteiger partial charge is 0.340 e. The first-order chi connectivity index (χ1) is 11.8. The van der Waals surface area contributed by atoms with E-state index in [1.165, 1.54) is 51.6 Å². The summed E-state index contributed by atoms with van der Waals surface area (Å²) in [6, 6.07) is 0.621. The molecule has 0 aromatic rings. The number of hydrogen-bond donors (Lipinski definition) is 2. The highest BCUT2D eigenvalue weighted by Crippen LogP contribution is 2.21. The Morgan fingerprint density at radius 1 is 1.04 bits per heavy atom. The third kappa shape index (κ3) is 7.75. The zero-order valence-corrected chi connectivity index (χ0v) is 16.3. The summed E-state index contributed by atoms with van der Waals surface area (Å²) in [6.07, 6.45) is 11.2. The fourth-order valence-electron chi connectivity index (χ4n) is 3.63. The maximum absolute atomic E-state index is 4.11. The van der Waals surface area contributed by atoms with E-state index in [0.717, 1.165) is 25.2 Å². The predicted octanol–water partition coefficient (Wildman–Crippen LogP) is 3.47. The van der Waals surface area contributed by atoms with Crippen molar-refractivity contribution in [1.82, 2.24) is 15.5 Å². The third-order valence-electron chi connectivity index (χ3n) is 5.08. The standard InChI is InChI=1S/C10H22N2.C9H17N3/c1-3-5-9(4-2)10-6-11-8-12-7-10;1-3-5-9(4-2)12-7-10-6-11-8-12/h9-12H,3-8H2,1-2H3;6-7,9H,3-5,8H2,1-2H3. The van der Waals surface area contributed by atoms with Crippen LogP contribution in [0.4, 0.5) is 0 Å². The van der Waals surface area contributed by atoms with Gasteiger partial charge >= 0.3 is 0 Å². The van der Waals surface area contributed by atoms with E-state index < -0.39 is 0 Å². The average Bonchev–Trinajstić information content (AvgIpc) is 2.66. The molecule has 0 aromatic heterocycles. The Hall–Kier alpha value is -0.940. The van der Waals surface area contributed by atoms with Crippen LogP contribution in [0.25, 0.3) is 0 Å². The number of hydrogen-bond acceptors (Lipinski definition) is 5. The second-order valence-electron chi connectivity index (χ2n) is 6.87. The summed E-state index contributed by atoms with van der Waals surface area (Å²) < 4.78 is 0. The van der Waals surface area contributed by atoms with Crippen molar-refractivity contribution in [2.45, 2.75) is 72.3 Å². The van der Waals surface area contributed by atoms with Crippen LogP contribution in [-0.2, 0) is 0 Å². The summed E-state index contributed by atoms with van der Waals surface area (Å²) in [5.74, 6) is 1.79. The first kappa shape index (κ1) is 21.1. The summed E-state index contributed by atoms with van der Waals surface area (Å²) in [4.78, 5) is 10.3. The van der Waals surface area contributed by atoms with E-state index in [4.69, 9.17) is 0 Å². The van der Waals surface area contributed by atoms with Crippen molar-refractivity contribution in [3.8, 4) is 0 Å². The summed E-state index contributed by atoms with van der Waals surface area (Å²) in [7, 11) is 0. The fraction of sp³-hybridized carbons (Fsp3) is 0.895. The number of aliphatic imine (C=N–C) groups is 2. The highest BCUT2D eigenvalue weighted by atomic mass is 15.3. The molecule has 2 unspecified atom stereocenters. The van der Waals surface area contributed by atoms with Gasteiger partial charge in [0.2, 0.25) is 0 Å². The van der Waals surface area contributed by atoms with E-state index in [9.17, 15) is 0 Å². The van der Waals surface area contributed by atoms with Crippen molar-refractivity contribution in [3.05, 3.63) is 0 Å². The molecule has 24 heavy (non-hydrogen) atoms. The molecule has 2 heterocycles. The molecule has 0 aromatic carbocycles. The minimum Gasteiger partial charge on any atom is -0.340 e. The molecule has 5 heteroatoms. The molecular weight excluding hydrogens is 298 g/mol. The third-order valence-corrected chi connectivity index (χ3v) is 5.08. The van der Waals surface area contributed by atoms with Crippen LogP contribution < -0.4 is 10.6 Å². The van der Waals surface area contributed by atoms with Gasteiger partial charge in [-0.3, -0.25) is 4.99 Å². The number of nitrogens with one attached hydrogen (secondary N) is 2. The molecule has 2 aliphatic rings. The summed E-state index contributed by atoms with van der Waals surface area (Å²) in [5, 5.41) is 6.79. The average molecular weight is 338 g/mol. The molecule has 5 nitrogen and oxygen atoms in total. The van der Waals surface area contributed by atoms with Gasteiger partial charge in [-0.1, -0.05) is 53.4 Å². The van der Waals surface area contributed by atoms with Crippen molar-refractivity contribution in [1.29, 1.82) is 0 Å². The van der Waals surface area contributed by atoms with E-state index in [-0.39, 0.29) is 0 Å². The van der Waals surface area contributed by atoms with Crippen molar-refractivity contribution in [2.24, 2.45) is 21.8 Å². The van der Waals surface area contributed by atoms with Gasteiger partial charge in [-0.25, -0.2) is 4.99 Å². The number of nitrogens with zero attached hydrogens (tertiary/aromatic N) is 3. The molecule has 0 bridgehead atoms. The Morgan fingerprint density at radius 2 is 1.75 bits per heavy atom. The second-order valence-corrected chi connectivity index (χ2v) is 6.87. The predicted molar refractivity (Wildman–Crippen MR) is 106 cm³/mol. The molecular formula is C19H39N5. The van der Waals surface area contributed by atoms with Crippen LogP contribution in [-0.4, -0.2) is 50.0 Å². The highest BCUT2D eigenvalue weighted by molar-refractivity contribution is 5.73. The highest BCUT2D eigenvalue weighted by Gasteiger charge is 2.20. The lowest BCUT2D eigenvalue weighted by molar-refractivity contribution is 0.247. The van der Waals surface area contributed by atoms with Gasteiger partial charge in [0.05, 0.1) is 6.34 Å². The monoisotopic (exact) mass is 337 g/mol. The molecule has 2 aliphatic heterocycles. The van der Waals surface area contributed by atoms with Gasteiger partial charge in [-0.2, -0.15) is 0 Å². The normalized spacial score (nSPS) is 20.4. The van der Waals surface area contributed by atoms with Crippen LogP contribution in [0, 0.1) is 11.8 Å². The Balaban J connectivity index is 0.000000240. The lowest BCUT2D eigenvalue weighted by atomic mass is 9.85. The molecule has 2 atom stereocenters. The smallest absolute Gasteiger partial charge is 0.113 e. The summed E-state index contributed by atoms with van der Waals surface area (Å²) in [6.45, 7) is 13.2. The first-order valence-electron chi connectivity index (χ1n) is 9.95. The fourth-order valence-corrected chi connectivity index (χ4v) is 3.63. The Bertz CT molecular complexity index is 347. The quantitative estimate of drug-likeness (QED) is 0.713. The van der Waals surface area contributed by atoms with E-state index in [1.54, 1.807) is 6.34 Å². The molecule has 1 saturated heterocycles. The zero-order valence-electron chi connectivity index (χ0n) is 16.3. The topological polar surface area (TPSA) is 52.0 Å². The first-order valence-corrected chi connectivity index (χ1v) is 9.95. The summed E-state index contributed by atoms with van der Waals surface area (Å²) >= 11 is 0. The zero-order chi connectivity index (χ0) is 17.6. The molecule has 0 spiro atoms. The minimum absolute atomic E-state index is 0.621. The lowest BCUT2D eigenvalue weighted by Crippen LogP contribution is -2.46. The maximum Gasteiger partial charge on any atom is 0.113 e. The van der Waals surface area contributed by atoms with Gasteiger partial charge < -0.3 is 15.5 Å². The molecule has 0 saturated carbocycles. The molecule has 0 amide bonds. The van der Waals surface area contributed by atoms with Crippen LogP contribution in [0.15, 0.2) is 9.98 Å². The van der Waals surface area contributed by atoms with E-state index >= 15 is 0 Å². The van der Waals surface area contributed by atoms with Gasteiger partial charge in [0, 0.05) is 25.8 Å². The Kier molecular flexibility index (Phi) is 11.7. The minimum atomic E-state index is 0.621. The Morgan fingerprint density at radius 3 is 2.25 bits per heavy atom. The van der Waals surface area contributed by atoms with Crippen LogP contribution in [0.2, 0.25) is 0 Å². The Labute approximate surface area is 149 Å². The molecule has 0 radical (unpaired) electrons. The van der Waals surface area contributed by atoms with Crippen molar-refractivity contribution in [3.63, 3.8) is 0 Å². The second kappa shape index (κ2) is 13.4. The molecule has 2 N–H and O–H groups in total. The SMILES string of the molecule is CCCC(CC)C1CNCNC1.CCCC(CC)N1C=NC=NC1. The van der Waals surface area contributed by atoms with Crippen molar-refractivity contribution >= 4 is 12.7 Å². The summed E-state index contributed by atoms with van der Waals surface area (Å²) in [5.41, 5.74) is 0. The van der Waals surface area contributed by atoms with Gasteiger partial charge in [-0.05, 0) is 24.7 Å². The van der Waals surface area contributed by atoms with Gasteiger partial charge in [-0.15, -0.1) is 0 Å². The molecule has 1 fully saturated rings. The molecule has 140 valence electrons. The van der Waals surface area contributed by atoms with Crippen molar-refractivity contribution in [2.75, 3.05) is 26.4 Å². The maximum atomic E-state index is 4.11. The van der Waals surface area contributed by atoms with E-state index in [2.05, 4.69) is 53.2 Å². The van der Waals surface area contributed by atoms with Crippen LogP contribution >= 0.6 is 0 Å². The van der Waals surface area contributed by atoms with Gasteiger partial charge in [0.1, 0.15) is 13.0 Å². The lowest BCUT2D eigenvalue weighted by Gasteiger charge is -2.30. The molecule has 0 aliphatic carbocycles. The van der Waals surface area contributed by atoms with Gasteiger partial charge in [0.25, 0.3) is 0 Å². The van der Waals surface area contributed by atoms with E-state index in [1.807, 2.05) is 6.34 Å². The van der Waals surface area contributed by atoms with Crippen LogP contribution in [0.3, 0.4) is 0 Å². The van der Waals surface area contributed by atoms with E-state index in [0.29, 0.717) is 6.04 Å². The van der Waals surface area contributed by atoms with Gasteiger partial charge in [0.15, 0.2) is 0 Å².